The predicted octanol–water partition coefficient (Wildman–Crippen LogP) is 2.86. The van der Waals surface area contributed by atoms with Crippen molar-refractivity contribution < 1.29 is 8.60 Å². The van der Waals surface area contributed by atoms with E-state index in [1.165, 1.54) is 12.1 Å². The van der Waals surface area contributed by atoms with Crippen LogP contribution in [0, 0.1) is 5.82 Å². The lowest BCUT2D eigenvalue weighted by atomic mass is 9.96. The lowest BCUT2D eigenvalue weighted by Crippen LogP contribution is -2.31. The van der Waals surface area contributed by atoms with Crippen molar-refractivity contribution in [2.45, 2.75) is 41.9 Å². The largest absolute Gasteiger partial charge is 0.328 e. The number of rotatable bonds is 2. The van der Waals surface area contributed by atoms with Crippen molar-refractivity contribution in [1.29, 1.82) is 0 Å². The lowest BCUT2D eigenvalue weighted by molar-refractivity contribution is 0.444. The molecule has 0 radical (unpaired) electrons. The van der Waals surface area contributed by atoms with Gasteiger partial charge in [-0.05, 0) is 43.9 Å². The van der Waals surface area contributed by atoms with E-state index >= 15 is 0 Å². The number of benzene rings is 1. The first-order valence-electron chi connectivity index (χ1n) is 5.69. The van der Waals surface area contributed by atoms with Crippen molar-refractivity contribution >= 4 is 22.4 Å². The van der Waals surface area contributed by atoms with Crippen LogP contribution in [0.25, 0.3) is 0 Å². The Kier molecular flexibility index (Phi) is 4.17. The molecule has 2 N–H and O–H groups in total. The van der Waals surface area contributed by atoms with Gasteiger partial charge in [0.1, 0.15) is 5.82 Å². The standard InChI is InChI=1S/C12H15ClFNOS/c13-11-7-10(5-6-12(11)14)17(16)9-3-1-8(15)2-4-9/h5-9H,1-4,15H2. The maximum atomic E-state index is 13.0. The second-order valence-corrected chi connectivity index (χ2v) is 6.55. The molecule has 1 aromatic carbocycles. The summed E-state index contributed by atoms with van der Waals surface area (Å²) < 4.78 is 25.3. The van der Waals surface area contributed by atoms with Crippen LogP contribution in [-0.2, 0) is 10.8 Å². The molecule has 1 unspecified atom stereocenters. The Morgan fingerprint density at radius 1 is 1.29 bits per heavy atom. The van der Waals surface area contributed by atoms with Gasteiger partial charge in [-0.2, -0.15) is 0 Å². The van der Waals surface area contributed by atoms with Crippen LogP contribution in [0.2, 0.25) is 5.02 Å². The van der Waals surface area contributed by atoms with Gasteiger partial charge in [0.05, 0.1) is 15.8 Å². The smallest absolute Gasteiger partial charge is 0.141 e. The van der Waals surface area contributed by atoms with E-state index in [-0.39, 0.29) is 16.3 Å². The van der Waals surface area contributed by atoms with Gasteiger partial charge in [0.25, 0.3) is 0 Å². The van der Waals surface area contributed by atoms with Crippen LogP contribution in [-0.4, -0.2) is 15.5 Å². The molecule has 0 aliphatic heterocycles. The summed E-state index contributed by atoms with van der Waals surface area (Å²) in [6.45, 7) is 0. The van der Waals surface area contributed by atoms with E-state index < -0.39 is 16.6 Å². The molecule has 94 valence electrons. The van der Waals surface area contributed by atoms with Gasteiger partial charge >= 0.3 is 0 Å². The summed E-state index contributed by atoms with van der Waals surface area (Å²) in [5.74, 6) is -0.474. The second kappa shape index (κ2) is 5.46. The average molecular weight is 276 g/mol. The Morgan fingerprint density at radius 3 is 2.53 bits per heavy atom. The molecule has 1 fully saturated rings. The van der Waals surface area contributed by atoms with E-state index in [0.717, 1.165) is 25.7 Å². The highest BCUT2D eigenvalue weighted by Crippen LogP contribution is 2.27. The van der Waals surface area contributed by atoms with E-state index in [0.29, 0.717) is 4.90 Å². The minimum absolute atomic E-state index is 0.0309. The first-order chi connectivity index (χ1) is 8.08. The molecule has 1 aliphatic carbocycles. The first kappa shape index (κ1) is 13.0. The van der Waals surface area contributed by atoms with Gasteiger partial charge in [0.2, 0.25) is 0 Å². The molecule has 17 heavy (non-hydrogen) atoms. The van der Waals surface area contributed by atoms with Gasteiger partial charge in [-0.1, -0.05) is 11.6 Å². The summed E-state index contributed by atoms with van der Waals surface area (Å²) in [4.78, 5) is 0.608. The van der Waals surface area contributed by atoms with Crippen molar-refractivity contribution in [2.75, 3.05) is 0 Å². The van der Waals surface area contributed by atoms with Crippen molar-refractivity contribution in [3.05, 3.63) is 29.0 Å². The summed E-state index contributed by atoms with van der Waals surface area (Å²) in [6.07, 6.45) is 3.54. The van der Waals surface area contributed by atoms with Crippen molar-refractivity contribution in [2.24, 2.45) is 5.73 Å². The summed E-state index contributed by atoms with van der Waals surface area (Å²) in [5, 5.41) is 0.152. The van der Waals surface area contributed by atoms with Gasteiger partial charge in [0.15, 0.2) is 0 Å². The van der Waals surface area contributed by atoms with Crippen LogP contribution >= 0.6 is 11.6 Å². The van der Waals surface area contributed by atoms with E-state index in [4.69, 9.17) is 17.3 Å². The molecule has 5 heteroatoms. The second-order valence-electron chi connectivity index (χ2n) is 4.41. The number of hydrogen-bond donors (Lipinski definition) is 1. The Bertz CT molecular complexity index is 433. The van der Waals surface area contributed by atoms with Crippen LogP contribution in [0.15, 0.2) is 23.1 Å². The molecular weight excluding hydrogens is 261 g/mol. The van der Waals surface area contributed by atoms with E-state index in [9.17, 15) is 8.60 Å². The molecule has 1 aliphatic rings. The summed E-state index contributed by atoms with van der Waals surface area (Å²) >= 11 is 5.69. The molecule has 1 atom stereocenters. The quantitative estimate of drug-likeness (QED) is 0.902. The van der Waals surface area contributed by atoms with Crippen molar-refractivity contribution in [3.63, 3.8) is 0 Å². The molecular formula is C12H15ClFNOS. The lowest BCUT2D eigenvalue weighted by Gasteiger charge is -2.25. The van der Waals surface area contributed by atoms with Crippen molar-refractivity contribution in [1.82, 2.24) is 0 Å². The zero-order valence-electron chi connectivity index (χ0n) is 9.36. The molecule has 0 saturated heterocycles. The zero-order valence-corrected chi connectivity index (χ0v) is 10.9. The number of nitrogens with two attached hydrogens (primary N) is 1. The van der Waals surface area contributed by atoms with Crippen LogP contribution < -0.4 is 5.73 Å². The zero-order chi connectivity index (χ0) is 12.4. The normalized spacial score (nSPS) is 26.8. The number of hydrogen-bond acceptors (Lipinski definition) is 2. The molecule has 2 rings (SSSR count). The first-order valence-corrected chi connectivity index (χ1v) is 7.28. The van der Waals surface area contributed by atoms with Gasteiger partial charge in [-0.3, -0.25) is 4.21 Å². The molecule has 1 saturated carbocycles. The van der Waals surface area contributed by atoms with E-state index in [2.05, 4.69) is 0 Å². The highest BCUT2D eigenvalue weighted by Gasteiger charge is 2.24. The molecule has 2 nitrogen and oxygen atoms in total. The molecule has 0 amide bonds. The van der Waals surface area contributed by atoms with E-state index in [1.807, 2.05) is 0 Å². The molecule has 0 bridgehead atoms. The molecule has 1 aromatic rings. The van der Waals surface area contributed by atoms with Gasteiger partial charge in [-0.15, -0.1) is 0 Å². The van der Waals surface area contributed by atoms with E-state index in [1.54, 1.807) is 6.07 Å². The topological polar surface area (TPSA) is 43.1 Å². The van der Waals surface area contributed by atoms with Gasteiger partial charge in [-0.25, -0.2) is 4.39 Å². The Labute approximate surface area is 108 Å². The highest BCUT2D eigenvalue weighted by molar-refractivity contribution is 7.85. The highest BCUT2D eigenvalue weighted by atomic mass is 35.5. The van der Waals surface area contributed by atoms with Crippen LogP contribution in [0.1, 0.15) is 25.7 Å². The fourth-order valence-corrected chi connectivity index (χ4v) is 3.86. The van der Waals surface area contributed by atoms with Crippen LogP contribution in [0.4, 0.5) is 4.39 Å². The SMILES string of the molecule is NC1CCC(S(=O)c2ccc(F)c(Cl)c2)CC1. The maximum Gasteiger partial charge on any atom is 0.141 e. The van der Waals surface area contributed by atoms with Crippen LogP contribution in [0.5, 0.6) is 0 Å². The molecule has 0 aromatic heterocycles. The van der Waals surface area contributed by atoms with Gasteiger partial charge < -0.3 is 5.73 Å². The minimum Gasteiger partial charge on any atom is -0.328 e. The monoisotopic (exact) mass is 275 g/mol. The predicted molar refractivity (Wildman–Crippen MR) is 68.0 cm³/mol. The third-order valence-corrected chi connectivity index (χ3v) is 5.23. The third kappa shape index (κ3) is 3.06. The molecule has 0 heterocycles. The fraction of sp³-hybridized carbons (Fsp3) is 0.500. The number of halogens is 2. The summed E-state index contributed by atoms with van der Waals surface area (Å²) in [6, 6.07) is 4.51. The van der Waals surface area contributed by atoms with Crippen LogP contribution in [0.3, 0.4) is 0 Å². The van der Waals surface area contributed by atoms with Crippen molar-refractivity contribution in [3.8, 4) is 0 Å². The Balaban J connectivity index is 2.11. The minimum atomic E-state index is -1.11. The summed E-state index contributed by atoms with van der Waals surface area (Å²) in [5.41, 5.74) is 5.81. The molecule has 0 spiro atoms. The Hall–Kier alpha value is -0.450. The fourth-order valence-electron chi connectivity index (χ4n) is 2.10. The average Bonchev–Trinajstić information content (AvgIpc) is 2.33. The maximum absolute atomic E-state index is 13.0. The van der Waals surface area contributed by atoms with Gasteiger partial charge in [0, 0.05) is 16.2 Å². The Morgan fingerprint density at radius 2 is 1.94 bits per heavy atom. The summed E-state index contributed by atoms with van der Waals surface area (Å²) in [7, 11) is -1.11. The third-order valence-electron chi connectivity index (χ3n) is 3.14.